The molecule has 0 aliphatic carbocycles. The van der Waals surface area contributed by atoms with Gasteiger partial charge in [0.2, 0.25) is 0 Å². The third kappa shape index (κ3) is 4.56. The number of ether oxygens (including phenoxy) is 2. The third-order valence-electron chi connectivity index (χ3n) is 6.33. The van der Waals surface area contributed by atoms with Crippen LogP contribution in [0.1, 0.15) is 18.1 Å². The van der Waals surface area contributed by atoms with Crippen molar-refractivity contribution in [1.29, 1.82) is 5.26 Å². The fourth-order valence-corrected chi connectivity index (χ4v) is 5.65. The Morgan fingerprint density at radius 3 is 2.69 bits per heavy atom. The SMILES string of the molecule is COc1nc(N2CCOCC(C)(O)C2)c2cc(C(F)(F)F)c(-c3ccc(F)c4sc(N)c(C#N)c34)c(F)c2n1. The molecule has 1 fully saturated rings. The van der Waals surface area contributed by atoms with Crippen molar-refractivity contribution in [2.24, 2.45) is 0 Å². The van der Waals surface area contributed by atoms with Crippen molar-refractivity contribution < 1.29 is 36.5 Å². The first-order valence-corrected chi connectivity index (χ1v) is 12.3. The maximum atomic E-state index is 16.4. The lowest BCUT2D eigenvalue weighted by atomic mass is 9.92. The zero-order chi connectivity index (χ0) is 28.3. The molecule has 1 aliphatic heterocycles. The van der Waals surface area contributed by atoms with Gasteiger partial charge in [-0.15, -0.1) is 11.3 Å². The van der Waals surface area contributed by atoms with Gasteiger partial charge in [-0.05, 0) is 24.6 Å². The van der Waals surface area contributed by atoms with Crippen molar-refractivity contribution >= 4 is 43.1 Å². The summed E-state index contributed by atoms with van der Waals surface area (Å²) in [4.78, 5) is 9.67. The van der Waals surface area contributed by atoms with Gasteiger partial charge in [0.05, 0.1) is 42.7 Å². The predicted molar refractivity (Wildman–Crippen MR) is 135 cm³/mol. The van der Waals surface area contributed by atoms with E-state index in [2.05, 4.69) is 9.97 Å². The number of aromatic nitrogens is 2. The average molecular weight is 566 g/mol. The zero-order valence-corrected chi connectivity index (χ0v) is 21.3. The summed E-state index contributed by atoms with van der Waals surface area (Å²) in [5.74, 6) is -2.29. The molecule has 3 heterocycles. The summed E-state index contributed by atoms with van der Waals surface area (Å²) in [6.45, 7) is 1.65. The van der Waals surface area contributed by atoms with E-state index in [-0.39, 0.29) is 69.7 Å². The van der Waals surface area contributed by atoms with Gasteiger partial charge in [0.1, 0.15) is 33.8 Å². The molecule has 0 saturated carbocycles. The van der Waals surface area contributed by atoms with Gasteiger partial charge in [0, 0.05) is 22.9 Å². The summed E-state index contributed by atoms with van der Waals surface area (Å²) < 4.78 is 85.0. The second kappa shape index (κ2) is 9.44. The summed E-state index contributed by atoms with van der Waals surface area (Å²) in [7, 11) is 1.21. The highest BCUT2D eigenvalue weighted by molar-refractivity contribution is 7.23. The van der Waals surface area contributed by atoms with E-state index in [0.717, 1.165) is 12.1 Å². The van der Waals surface area contributed by atoms with Crippen LogP contribution >= 0.6 is 11.3 Å². The van der Waals surface area contributed by atoms with Crippen molar-refractivity contribution in [3.8, 4) is 23.2 Å². The normalized spacial score (nSPS) is 18.4. The van der Waals surface area contributed by atoms with Crippen molar-refractivity contribution in [3.63, 3.8) is 0 Å². The maximum absolute atomic E-state index is 16.4. The Hall–Kier alpha value is -3.80. The number of fused-ring (bicyclic) bond motifs is 2. The van der Waals surface area contributed by atoms with E-state index in [9.17, 15) is 27.9 Å². The van der Waals surface area contributed by atoms with Crippen LogP contribution in [0.25, 0.3) is 32.1 Å². The molecule has 4 aromatic rings. The Kier molecular flexibility index (Phi) is 6.48. The molecule has 0 spiro atoms. The number of rotatable bonds is 3. The number of methoxy groups -OCH3 is 1. The average Bonchev–Trinajstić information content (AvgIpc) is 3.10. The lowest BCUT2D eigenvalue weighted by molar-refractivity contribution is -0.137. The molecular formula is C25H20F5N5O3S. The van der Waals surface area contributed by atoms with Crippen LogP contribution in [0.2, 0.25) is 0 Å². The van der Waals surface area contributed by atoms with Crippen LogP contribution in [0, 0.1) is 23.0 Å². The van der Waals surface area contributed by atoms with Gasteiger partial charge in [-0.2, -0.15) is 28.4 Å². The smallest absolute Gasteiger partial charge is 0.417 e. The third-order valence-corrected chi connectivity index (χ3v) is 7.35. The molecule has 8 nitrogen and oxygen atoms in total. The number of hydrogen-bond acceptors (Lipinski definition) is 9. The number of nitriles is 1. The molecular weight excluding hydrogens is 545 g/mol. The Morgan fingerprint density at radius 2 is 2.03 bits per heavy atom. The van der Waals surface area contributed by atoms with Crippen LogP contribution in [-0.4, -0.2) is 54.1 Å². The number of alkyl halides is 3. The molecule has 0 radical (unpaired) electrons. The van der Waals surface area contributed by atoms with Crippen LogP contribution in [-0.2, 0) is 10.9 Å². The van der Waals surface area contributed by atoms with Crippen LogP contribution < -0.4 is 15.4 Å². The molecule has 1 aliphatic rings. The number of benzene rings is 2. The fraction of sp³-hybridized carbons (Fsp3) is 0.320. The van der Waals surface area contributed by atoms with Gasteiger partial charge >= 0.3 is 12.2 Å². The van der Waals surface area contributed by atoms with Crippen LogP contribution in [0.4, 0.5) is 32.8 Å². The highest BCUT2D eigenvalue weighted by Crippen LogP contribution is 2.48. The number of nitrogen functional groups attached to an aromatic ring is 1. The number of nitrogens with two attached hydrogens (primary N) is 1. The zero-order valence-electron chi connectivity index (χ0n) is 20.5. The summed E-state index contributed by atoms with van der Waals surface area (Å²) in [6.07, 6.45) is -5.08. The van der Waals surface area contributed by atoms with Crippen LogP contribution in [0.15, 0.2) is 18.2 Å². The first kappa shape index (κ1) is 26.8. The van der Waals surface area contributed by atoms with Crippen molar-refractivity contribution in [1.82, 2.24) is 9.97 Å². The van der Waals surface area contributed by atoms with E-state index in [0.29, 0.717) is 17.4 Å². The summed E-state index contributed by atoms with van der Waals surface area (Å²) in [5, 5.41) is 19.6. The van der Waals surface area contributed by atoms with E-state index < -0.39 is 40.1 Å². The maximum Gasteiger partial charge on any atom is 0.417 e. The Bertz CT molecular complexity index is 1660. The van der Waals surface area contributed by atoms with E-state index in [1.807, 2.05) is 0 Å². The van der Waals surface area contributed by atoms with Crippen molar-refractivity contribution in [2.75, 3.05) is 44.0 Å². The first-order chi connectivity index (χ1) is 18.4. The number of thiophene rings is 1. The molecule has 1 atom stereocenters. The van der Waals surface area contributed by atoms with Crippen LogP contribution in [0.3, 0.4) is 0 Å². The van der Waals surface area contributed by atoms with Gasteiger partial charge in [-0.1, -0.05) is 6.07 Å². The standard InChI is InChI=1S/C25H20F5N5O3S/c1-24(36)9-35(5-6-38-10-24)22-12-7-14(25(28,29)30)17(18(27)19(12)33-23(34-22)37-2)11-3-4-15(26)20-16(11)13(8-31)21(32)39-20/h3-4,7,36H,5-6,9-10,32H2,1-2H3. The van der Waals surface area contributed by atoms with E-state index in [1.54, 1.807) is 6.07 Å². The number of anilines is 2. The van der Waals surface area contributed by atoms with Gasteiger partial charge in [-0.25, -0.2) is 8.78 Å². The van der Waals surface area contributed by atoms with E-state index in [4.69, 9.17) is 15.2 Å². The Labute approximate surface area is 222 Å². The molecule has 2 aromatic carbocycles. The topological polar surface area (TPSA) is 118 Å². The minimum atomic E-state index is -5.08. The van der Waals surface area contributed by atoms with Crippen LogP contribution in [0.5, 0.6) is 6.01 Å². The Balaban J connectivity index is 1.89. The van der Waals surface area contributed by atoms with Gasteiger partial charge in [0.25, 0.3) is 0 Å². The minimum absolute atomic E-state index is 0.0263. The van der Waals surface area contributed by atoms with E-state index in [1.165, 1.54) is 18.9 Å². The molecule has 5 rings (SSSR count). The summed E-state index contributed by atoms with van der Waals surface area (Å²) >= 11 is 0.679. The molecule has 2 aromatic heterocycles. The first-order valence-electron chi connectivity index (χ1n) is 11.5. The number of β-amino-alcohol motifs (C(OH)–C–C–N with tert-alkyl or cyclic N) is 1. The van der Waals surface area contributed by atoms with Gasteiger partial charge in [0.15, 0.2) is 5.82 Å². The largest absolute Gasteiger partial charge is 0.467 e. The molecule has 204 valence electrons. The molecule has 39 heavy (non-hydrogen) atoms. The molecule has 1 unspecified atom stereocenters. The second-order valence-electron chi connectivity index (χ2n) is 9.26. The van der Waals surface area contributed by atoms with Crippen molar-refractivity contribution in [2.45, 2.75) is 18.7 Å². The number of nitrogens with zero attached hydrogens (tertiary/aromatic N) is 4. The highest BCUT2D eigenvalue weighted by atomic mass is 32.1. The molecule has 3 N–H and O–H groups in total. The Morgan fingerprint density at radius 1 is 1.28 bits per heavy atom. The molecule has 14 heteroatoms. The van der Waals surface area contributed by atoms with Gasteiger partial charge in [-0.3, -0.25) is 0 Å². The van der Waals surface area contributed by atoms with E-state index >= 15 is 4.39 Å². The van der Waals surface area contributed by atoms with Crippen molar-refractivity contribution in [3.05, 3.63) is 41.0 Å². The number of hydrogen-bond donors (Lipinski definition) is 2. The predicted octanol–water partition coefficient (Wildman–Crippen LogP) is 4.86. The lowest BCUT2D eigenvalue weighted by Crippen LogP contribution is -2.42. The number of halogens is 5. The number of aliphatic hydroxyl groups is 1. The quantitative estimate of drug-likeness (QED) is 0.339. The lowest BCUT2D eigenvalue weighted by Gasteiger charge is -2.29. The second-order valence-corrected chi connectivity index (χ2v) is 10.3. The fourth-order valence-electron chi connectivity index (χ4n) is 4.70. The molecule has 0 bridgehead atoms. The monoisotopic (exact) mass is 565 g/mol. The summed E-state index contributed by atoms with van der Waals surface area (Å²) in [6, 6.07) is 4.04. The summed E-state index contributed by atoms with van der Waals surface area (Å²) in [5.41, 5.74) is 1.04. The minimum Gasteiger partial charge on any atom is -0.467 e. The highest BCUT2D eigenvalue weighted by Gasteiger charge is 2.39. The van der Waals surface area contributed by atoms with Gasteiger partial charge < -0.3 is 25.2 Å². The molecule has 1 saturated heterocycles. The molecule has 0 amide bonds.